The number of rotatable bonds is 2. The van der Waals surface area contributed by atoms with Gasteiger partial charge in [0.15, 0.2) is 0 Å². The van der Waals surface area contributed by atoms with Crippen LogP contribution in [0.3, 0.4) is 0 Å². The zero-order valence-corrected chi connectivity index (χ0v) is 10.6. The van der Waals surface area contributed by atoms with Crippen molar-refractivity contribution < 1.29 is 0 Å². The largest absolute Gasteiger partial charge is 0.325 e. The molecule has 0 aromatic heterocycles. The summed E-state index contributed by atoms with van der Waals surface area (Å²) in [4.78, 5) is 0. The minimum absolute atomic E-state index is 0. The van der Waals surface area contributed by atoms with Gasteiger partial charge < -0.3 is 5.73 Å². The van der Waals surface area contributed by atoms with Gasteiger partial charge in [-0.15, -0.1) is 12.4 Å². The highest BCUT2D eigenvalue weighted by atomic mass is 79.9. The third-order valence-corrected chi connectivity index (χ3v) is 3.78. The van der Waals surface area contributed by atoms with Gasteiger partial charge in [0, 0.05) is 15.9 Å². The summed E-state index contributed by atoms with van der Waals surface area (Å²) in [7, 11) is 0. The summed E-state index contributed by atoms with van der Waals surface area (Å²) in [6.07, 6.45) is 2.20. The molecule has 0 spiro atoms. The van der Waals surface area contributed by atoms with Crippen molar-refractivity contribution in [1.29, 1.82) is 0 Å². The molecule has 2 atom stereocenters. The molecule has 3 heteroatoms. The number of benzene rings is 1. The van der Waals surface area contributed by atoms with Crippen LogP contribution in [-0.2, 0) is 0 Å². The van der Waals surface area contributed by atoms with Crippen LogP contribution in [0.25, 0.3) is 0 Å². The summed E-state index contributed by atoms with van der Waals surface area (Å²) in [6, 6.07) is 8.37. The third-order valence-electron chi connectivity index (χ3n) is 3.06. The summed E-state index contributed by atoms with van der Waals surface area (Å²) < 4.78 is 1.20. The summed E-state index contributed by atoms with van der Waals surface area (Å²) in [5.41, 5.74) is 7.61. The SMILES string of the molecule is CC[C@]1(N)C[C@@H]1c1ccccc1Br.Cl. The lowest BCUT2D eigenvalue weighted by molar-refractivity contribution is 0.625. The Balaban J connectivity index is 0.000000980. The summed E-state index contributed by atoms with van der Waals surface area (Å²) >= 11 is 3.56. The van der Waals surface area contributed by atoms with Gasteiger partial charge in [-0.1, -0.05) is 41.1 Å². The van der Waals surface area contributed by atoms with E-state index in [0.29, 0.717) is 5.92 Å². The van der Waals surface area contributed by atoms with E-state index in [1.807, 2.05) is 6.07 Å². The van der Waals surface area contributed by atoms with Gasteiger partial charge in [-0.05, 0) is 24.5 Å². The Kier molecular flexibility index (Phi) is 3.62. The monoisotopic (exact) mass is 275 g/mol. The molecule has 1 aliphatic rings. The van der Waals surface area contributed by atoms with E-state index >= 15 is 0 Å². The van der Waals surface area contributed by atoms with Crippen molar-refractivity contribution in [1.82, 2.24) is 0 Å². The highest BCUT2D eigenvalue weighted by Crippen LogP contribution is 2.52. The molecule has 1 aromatic rings. The Hall–Kier alpha value is -0.0500. The van der Waals surface area contributed by atoms with E-state index in [1.54, 1.807) is 0 Å². The molecular formula is C11H15BrClN. The summed E-state index contributed by atoms with van der Waals surface area (Å²) in [5, 5.41) is 0. The zero-order valence-electron chi connectivity index (χ0n) is 8.16. The van der Waals surface area contributed by atoms with E-state index in [4.69, 9.17) is 5.73 Å². The lowest BCUT2D eigenvalue weighted by Crippen LogP contribution is -2.22. The van der Waals surface area contributed by atoms with Crippen LogP contribution in [0.1, 0.15) is 31.2 Å². The summed E-state index contributed by atoms with van der Waals surface area (Å²) in [5.74, 6) is 0.563. The fraction of sp³-hybridized carbons (Fsp3) is 0.455. The number of nitrogens with two attached hydrogens (primary N) is 1. The zero-order chi connectivity index (χ0) is 9.47. The minimum Gasteiger partial charge on any atom is -0.325 e. The smallest absolute Gasteiger partial charge is 0.0228 e. The molecule has 2 rings (SSSR count). The van der Waals surface area contributed by atoms with Crippen molar-refractivity contribution in [2.75, 3.05) is 0 Å². The van der Waals surface area contributed by atoms with Crippen molar-refractivity contribution in [3.05, 3.63) is 34.3 Å². The highest BCUT2D eigenvalue weighted by Gasteiger charge is 2.50. The third kappa shape index (κ3) is 1.97. The van der Waals surface area contributed by atoms with Gasteiger partial charge >= 0.3 is 0 Å². The number of hydrogen-bond donors (Lipinski definition) is 1. The fourth-order valence-electron chi connectivity index (χ4n) is 1.89. The highest BCUT2D eigenvalue weighted by molar-refractivity contribution is 9.10. The van der Waals surface area contributed by atoms with Gasteiger partial charge in [-0.3, -0.25) is 0 Å². The van der Waals surface area contributed by atoms with E-state index in [2.05, 4.69) is 41.1 Å². The molecule has 1 saturated carbocycles. The Morgan fingerprint density at radius 1 is 1.50 bits per heavy atom. The van der Waals surface area contributed by atoms with Crippen LogP contribution in [0.15, 0.2) is 28.7 Å². The van der Waals surface area contributed by atoms with Crippen LogP contribution in [0.2, 0.25) is 0 Å². The first-order valence-electron chi connectivity index (χ1n) is 4.70. The maximum absolute atomic E-state index is 6.17. The van der Waals surface area contributed by atoms with Crippen molar-refractivity contribution in [3.8, 4) is 0 Å². The molecule has 0 radical (unpaired) electrons. The molecule has 0 unspecified atom stereocenters. The van der Waals surface area contributed by atoms with Crippen molar-refractivity contribution in [2.24, 2.45) is 5.73 Å². The van der Waals surface area contributed by atoms with Crippen LogP contribution >= 0.6 is 28.3 Å². The molecule has 0 aliphatic heterocycles. The molecule has 0 bridgehead atoms. The van der Waals surface area contributed by atoms with Crippen LogP contribution in [0, 0.1) is 0 Å². The first kappa shape index (κ1) is 12.0. The molecule has 1 nitrogen and oxygen atoms in total. The maximum atomic E-state index is 6.17. The van der Waals surface area contributed by atoms with E-state index in [9.17, 15) is 0 Å². The van der Waals surface area contributed by atoms with Gasteiger partial charge in [-0.25, -0.2) is 0 Å². The molecule has 0 saturated heterocycles. The topological polar surface area (TPSA) is 26.0 Å². The van der Waals surface area contributed by atoms with E-state index < -0.39 is 0 Å². The Morgan fingerprint density at radius 3 is 2.64 bits per heavy atom. The lowest BCUT2D eigenvalue weighted by Gasteiger charge is -2.08. The van der Waals surface area contributed by atoms with E-state index in [1.165, 1.54) is 10.0 Å². The molecule has 1 aromatic carbocycles. The van der Waals surface area contributed by atoms with E-state index in [0.717, 1.165) is 12.8 Å². The van der Waals surface area contributed by atoms with Gasteiger partial charge in [0.1, 0.15) is 0 Å². The normalized spacial score (nSPS) is 29.5. The second-order valence-electron chi connectivity index (χ2n) is 3.86. The molecule has 1 aliphatic carbocycles. The number of halogens is 2. The Bertz CT molecular complexity index is 329. The second-order valence-corrected chi connectivity index (χ2v) is 4.72. The van der Waals surface area contributed by atoms with E-state index in [-0.39, 0.29) is 17.9 Å². The fourth-order valence-corrected chi connectivity index (χ4v) is 2.45. The quantitative estimate of drug-likeness (QED) is 0.879. The summed E-state index contributed by atoms with van der Waals surface area (Å²) in [6.45, 7) is 2.16. The molecular weight excluding hydrogens is 261 g/mol. The van der Waals surface area contributed by atoms with Gasteiger partial charge in [0.25, 0.3) is 0 Å². The minimum atomic E-state index is 0. The average molecular weight is 277 g/mol. The van der Waals surface area contributed by atoms with Crippen LogP contribution in [0.5, 0.6) is 0 Å². The second kappa shape index (κ2) is 4.21. The first-order valence-corrected chi connectivity index (χ1v) is 5.50. The molecule has 1 fully saturated rings. The van der Waals surface area contributed by atoms with Gasteiger partial charge in [0.2, 0.25) is 0 Å². The van der Waals surface area contributed by atoms with Gasteiger partial charge in [-0.2, -0.15) is 0 Å². The van der Waals surface area contributed by atoms with Crippen LogP contribution in [0.4, 0.5) is 0 Å². The molecule has 2 N–H and O–H groups in total. The predicted molar refractivity (Wildman–Crippen MR) is 66.0 cm³/mol. The standard InChI is InChI=1S/C11H14BrN.ClH/c1-2-11(13)7-9(11)8-5-3-4-6-10(8)12;/h3-6,9H,2,7,13H2,1H3;1H/t9-,11+;/m1./s1. The predicted octanol–water partition coefficient (Wildman–Crippen LogP) is 3.47. The Labute approximate surface area is 99.6 Å². The van der Waals surface area contributed by atoms with Gasteiger partial charge in [0.05, 0.1) is 0 Å². The van der Waals surface area contributed by atoms with Crippen molar-refractivity contribution in [2.45, 2.75) is 31.2 Å². The maximum Gasteiger partial charge on any atom is 0.0228 e. The number of hydrogen-bond acceptors (Lipinski definition) is 1. The molecule has 78 valence electrons. The molecule has 0 heterocycles. The van der Waals surface area contributed by atoms with Crippen LogP contribution < -0.4 is 5.73 Å². The Morgan fingerprint density at radius 2 is 2.14 bits per heavy atom. The molecule has 0 amide bonds. The first-order chi connectivity index (χ1) is 6.17. The molecule has 14 heavy (non-hydrogen) atoms. The average Bonchev–Trinajstić information content (AvgIpc) is 2.80. The van der Waals surface area contributed by atoms with Crippen molar-refractivity contribution in [3.63, 3.8) is 0 Å². The van der Waals surface area contributed by atoms with Crippen molar-refractivity contribution >= 4 is 28.3 Å². The lowest BCUT2D eigenvalue weighted by atomic mass is 10.1. The van der Waals surface area contributed by atoms with Crippen LogP contribution in [-0.4, -0.2) is 5.54 Å².